The second kappa shape index (κ2) is 9.00. The van der Waals surface area contributed by atoms with Crippen molar-refractivity contribution in [1.82, 2.24) is 5.32 Å². The molecule has 0 unspecified atom stereocenters. The van der Waals surface area contributed by atoms with Gasteiger partial charge in [0.15, 0.2) is 0 Å². The van der Waals surface area contributed by atoms with Gasteiger partial charge in [0.2, 0.25) is 5.75 Å². The molecule has 12 nitrogen and oxygen atoms in total. The number of alkyl carbamates (subject to hydrolysis) is 1. The molecule has 1 aromatic carbocycles. The predicted octanol–water partition coefficient (Wildman–Crippen LogP) is 1.68. The van der Waals surface area contributed by atoms with Gasteiger partial charge in [-0.3, -0.25) is 19.9 Å². The molecule has 0 bridgehead atoms. The number of carbonyl (C=O) groups excluding carboxylic acids is 2. The maximum absolute atomic E-state index is 11.9. The topological polar surface area (TPSA) is 175 Å². The minimum absolute atomic E-state index is 0.205. The van der Waals surface area contributed by atoms with E-state index in [1.807, 2.05) is 0 Å². The summed E-state index contributed by atoms with van der Waals surface area (Å²) in [6.07, 6.45) is -1.10. The van der Waals surface area contributed by atoms with Crippen LogP contribution in [0.4, 0.5) is 10.5 Å². The number of nitrogens with zero attached hydrogens (tertiary/aromatic N) is 1. The molecule has 156 valence electrons. The van der Waals surface area contributed by atoms with Crippen LogP contribution in [0.3, 0.4) is 0 Å². The third kappa shape index (κ3) is 7.91. The zero-order valence-corrected chi connectivity index (χ0v) is 16.5. The molecular formula is C15H21N2O10P. The molecule has 0 aliphatic carbocycles. The molecule has 0 aliphatic heterocycles. The van der Waals surface area contributed by atoms with Crippen LogP contribution in [-0.2, 0) is 25.3 Å². The number of nitro benzene ring substituents is 1. The van der Waals surface area contributed by atoms with Crippen LogP contribution in [0, 0.1) is 10.1 Å². The molecule has 0 fully saturated rings. The fourth-order valence-electron chi connectivity index (χ4n) is 2.06. The maximum atomic E-state index is 11.9. The van der Waals surface area contributed by atoms with Crippen LogP contribution in [0.25, 0.3) is 0 Å². The van der Waals surface area contributed by atoms with Gasteiger partial charge in [0.05, 0.1) is 12.0 Å². The second-order valence-electron chi connectivity index (χ2n) is 6.57. The molecular weight excluding hydrogens is 399 g/mol. The van der Waals surface area contributed by atoms with Gasteiger partial charge >= 0.3 is 25.6 Å². The van der Waals surface area contributed by atoms with Crippen molar-refractivity contribution in [2.45, 2.75) is 38.8 Å². The Hall–Kier alpha value is -2.69. The van der Waals surface area contributed by atoms with E-state index in [9.17, 15) is 24.3 Å². The highest BCUT2D eigenvalue weighted by Crippen LogP contribution is 2.42. The van der Waals surface area contributed by atoms with Crippen LogP contribution < -0.4 is 9.84 Å². The third-order valence-electron chi connectivity index (χ3n) is 3.05. The number of carbonyl (C=O) groups is 2. The Kier molecular flexibility index (Phi) is 7.51. The molecule has 1 aromatic rings. The summed E-state index contributed by atoms with van der Waals surface area (Å²) in [6.45, 7) is 4.88. The first-order chi connectivity index (χ1) is 12.7. The van der Waals surface area contributed by atoms with Crippen LogP contribution in [0.5, 0.6) is 5.75 Å². The highest BCUT2D eigenvalue weighted by Gasteiger charge is 2.28. The van der Waals surface area contributed by atoms with Crippen LogP contribution >= 0.6 is 7.82 Å². The lowest BCUT2D eigenvalue weighted by Crippen LogP contribution is -2.45. The highest BCUT2D eigenvalue weighted by molar-refractivity contribution is 7.46. The summed E-state index contributed by atoms with van der Waals surface area (Å²) in [6, 6.07) is 1.99. The summed E-state index contributed by atoms with van der Waals surface area (Å²) in [7, 11) is -3.91. The summed E-state index contributed by atoms with van der Waals surface area (Å²) < 4.78 is 24.9. The number of esters is 1. The minimum Gasteiger partial charge on any atom is -0.467 e. The van der Waals surface area contributed by atoms with E-state index in [1.54, 1.807) is 20.8 Å². The van der Waals surface area contributed by atoms with Gasteiger partial charge < -0.3 is 19.3 Å². The van der Waals surface area contributed by atoms with Gasteiger partial charge in [-0.05, 0) is 32.4 Å². The zero-order chi connectivity index (χ0) is 21.7. The third-order valence-corrected chi connectivity index (χ3v) is 3.49. The van der Waals surface area contributed by atoms with Gasteiger partial charge in [0.1, 0.15) is 11.6 Å². The van der Waals surface area contributed by atoms with Crippen molar-refractivity contribution >= 4 is 25.6 Å². The molecule has 1 amide bonds. The lowest BCUT2D eigenvalue weighted by atomic mass is 10.0. The van der Waals surface area contributed by atoms with Gasteiger partial charge in [0.25, 0.3) is 0 Å². The van der Waals surface area contributed by atoms with Crippen molar-refractivity contribution in [2.75, 3.05) is 7.11 Å². The summed E-state index contributed by atoms with van der Waals surface area (Å²) >= 11 is 0. The number of nitro groups is 1. The smallest absolute Gasteiger partial charge is 0.467 e. The van der Waals surface area contributed by atoms with Crippen LogP contribution in [0.1, 0.15) is 26.3 Å². The Labute approximate surface area is 160 Å². The van der Waals surface area contributed by atoms with E-state index < -0.39 is 47.9 Å². The molecule has 0 heterocycles. The molecule has 28 heavy (non-hydrogen) atoms. The lowest BCUT2D eigenvalue weighted by molar-refractivity contribution is -0.385. The number of methoxy groups -OCH3 is 1. The number of benzene rings is 1. The van der Waals surface area contributed by atoms with E-state index in [0.717, 1.165) is 19.2 Å². The van der Waals surface area contributed by atoms with Gasteiger partial charge in [-0.25, -0.2) is 14.2 Å². The Morgan fingerprint density at radius 1 is 1.32 bits per heavy atom. The fourth-order valence-corrected chi connectivity index (χ4v) is 2.47. The number of hydrogen-bond donors (Lipinski definition) is 3. The first-order valence-corrected chi connectivity index (χ1v) is 9.34. The SMILES string of the molecule is COC(=O)[C@H](Cc1ccc(OP(=O)(O)O)c([N+](=O)[O-])c1)NC(=O)OC(C)(C)C. The van der Waals surface area contributed by atoms with Gasteiger partial charge in [-0.2, -0.15) is 0 Å². The molecule has 0 saturated heterocycles. The van der Waals surface area contributed by atoms with Gasteiger partial charge in [-0.1, -0.05) is 6.07 Å². The molecule has 13 heteroatoms. The van der Waals surface area contributed by atoms with Crippen LogP contribution in [-0.4, -0.2) is 45.5 Å². The van der Waals surface area contributed by atoms with E-state index in [2.05, 4.69) is 14.6 Å². The van der Waals surface area contributed by atoms with Gasteiger partial charge in [0, 0.05) is 12.5 Å². The number of phosphoric ester groups is 1. The highest BCUT2D eigenvalue weighted by atomic mass is 31.2. The summed E-state index contributed by atoms with van der Waals surface area (Å²) in [4.78, 5) is 51.8. The van der Waals surface area contributed by atoms with Crippen molar-refractivity contribution in [1.29, 1.82) is 0 Å². The zero-order valence-electron chi connectivity index (χ0n) is 15.6. The van der Waals surface area contributed by atoms with E-state index in [4.69, 9.17) is 14.5 Å². The molecule has 1 rings (SSSR count). The Morgan fingerprint density at radius 3 is 2.39 bits per heavy atom. The Morgan fingerprint density at radius 2 is 1.93 bits per heavy atom. The van der Waals surface area contributed by atoms with Crippen LogP contribution in [0.2, 0.25) is 0 Å². The number of nitrogens with one attached hydrogen (secondary N) is 1. The fraction of sp³-hybridized carbons (Fsp3) is 0.467. The largest absolute Gasteiger partial charge is 0.525 e. The molecule has 3 N–H and O–H groups in total. The maximum Gasteiger partial charge on any atom is 0.525 e. The predicted molar refractivity (Wildman–Crippen MR) is 94.6 cm³/mol. The first kappa shape index (κ1) is 23.3. The average molecular weight is 420 g/mol. The quantitative estimate of drug-likeness (QED) is 0.255. The second-order valence-corrected chi connectivity index (χ2v) is 7.73. The van der Waals surface area contributed by atoms with Crippen molar-refractivity contribution in [2.24, 2.45) is 0 Å². The van der Waals surface area contributed by atoms with Gasteiger partial charge in [-0.15, -0.1) is 0 Å². The summed E-state index contributed by atoms with van der Waals surface area (Å²) in [5, 5.41) is 13.5. The number of ether oxygens (including phenoxy) is 2. The lowest BCUT2D eigenvalue weighted by Gasteiger charge is -2.22. The molecule has 0 aromatic heterocycles. The number of hydrogen-bond acceptors (Lipinski definition) is 8. The average Bonchev–Trinajstić information content (AvgIpc) is 2.51. The molecule has 1 atom stereocenters. The van der Waals surface area contributed by atoms with E-state index in [0.29, 0.717) is 0 Å². The van der Waals surface area contributed by atoms with Crippen molar-refractivity contribution in [3.05, 3.63) is 33.9 Å². The molecule has 0 radical (unpaired) electrons. The molecule has 0 saturated carbocycles. The van der Waals surface area contributed by atoms with E-state index >= 15 is 0 Å². The number of amides is 1. The minimum atomic E-state index is -5.01. The molecule has 0 spiro atoms. The number of rotatable bonds is 7. The monoisotopic (exact) mass is 420 g/mol. The van der Waals surface area contributed by atoms with Crippen LogP contribution in [0.15, 0.2) is 18.2 Å². The summed E-state index contributed by atoms with van der Waals surface area (Å²) in [5.41, 5.74) is -1.33. The van der Waals surface area contributed by atoms with E-state index in [-0.39, 0.29) is 12.0 Å². The number of phosphoric acid groups is 1. The summed E-state index contributed by atoms with van der Waals surface area (Å²) in [5.74, 6) is -1.46. The van der Waals surface area contributed by atoms with Crippen molar-refractivity contribution in [3.63, 3.8) is 0 Å². The Balaban J connectivity index is 3.10. The standard InChI is InChI=1S/C15H21N2O10P/c1-15(2,3)26-14(19)16-10(13(18)25-4)7-9-5-6-12(27-28(22,23)24)11(8-9)17(20)21/h5-6,8,10H,7H2,1-4H3,(H,16,19)(H2,22,23,24)/t10-/m0/s1. The van der Waals surface area contributed by atoms with Crippen molar-refractivity contribution in [3.8, 4) is 5.75 Å². The normalized spacial score (nSPS) is 12.6. The van der Waals surface area contributed by atoms with E-state index in [1.165, 1.54) is 6.07 Å². The first-order valence-electron chi connectivity index (χ1n) is 7.81. The molecule has 0 aliphatic rings. The van der Waals surface area contributed by atoms with Crippen molar-refractivity contribution < 1.29 is 42.9 Å². The Bertz CT molecular complexity index is 799.